The number of benzene rings is 2. The van der Waals surface area contributed by atoms with Crippen LogP contribution in [0.3, 0.4) is 0 Å². The number of carbonyl (C=O) groups excluding carboxylic acids is 1. The summed E-state index contributed by atoms with van der Waals surface area (Å²) in [5, 5.41) is 2.93. The minimum Gasteiger partial charge on any atom is -0.486 e. The van der Waals surface area contributed by atoms with E-state index in [0.29, 0.717) is 17.9 Å². The van der Waals surface area contributed by atoms with Gasteiger partial charge in [-0.05, 0) is 54.8 Å². The average molecular weight is 363 g/mol. The van der Waals surface area contributed by atoms with Crippen molar-refractivity contribution in [3.63, 3.8) is 0 Å². The van der Waals surface area contributed by atoms with Crippen molar-refractivity contribution in [2.45, 2.75) is 32.8 Å². The molecule has 0 aliphatic rings. The molecule has 1 aromatic heterocycles. The van der Waals surface area contributed by atoms with Crippen LogP contribution in [0.25, 0.3) is 0 Å². The lowest BCUT2D eigenvalue weighted by Gasteiger charge is -2.09. The van der Waals surface area contributed by atoms with E-state index in [-0.39, 0.29) is 5.91 Å². The van der Waals surface area contributed by atoms with Gasteiger partial charge >= 0.3 is 0 Å². The fraction of sp³-hybridized carbons (Fsp3) is 0.273. The molecule has 1 heterocycles. The lowest BCUT2D eigenvalue weighted by Crippen LogP contribution is -2.11. The van der Waals surface area contributed by atoms with Crippen LogP contribution in [-0.2, 0) is 20.1 Å². The van der Waals surface area contributed by atoms with E-state index in [2.05, 4.69) is 29.4 Å². The Morgan fingerprint density at radius 3 is 2.48 bits per heavy atom. The predicted octanol–water partition coefficient (Wildman–Crippen LogP) is 4.59. The summed E-state index contributed by atoms with van der Waals surface area (Å²) in [7, 11) is 1.93. The number of hydrogen-bond acceptors (Lipinski definition) is 3. The van der Waals surface area contributed by atoms with E-state index in [4.69, 9.17) is 4.74 Å². The quantitative estimate of drug-likeness (QED) is 0.637. The van der Waals surface area contributed by atoms with Crippen molar-refractivity contribution >= 4 is 11.6 Å². The molecule has 5 heteroatoms. The zero-order valence-corrected chi connectivity index (χ0v) is 15.8. The van der Waals surface area contributed by atoms with Crippen LogP contribution in [-0.4, -0.2) is 15.5 Å². The first-order chi connectivity index (χ1) is 13.2. The molecular formula is C22H25N3O2. The number of aryl methyl sites for hydroxylation is 2. The molecule has 0 saturated heterocycles. The van der Waals surface area contributed by atoms with E-state index in [1.54, 1.807) is 30.5 Å². The Hall–Kier alpha value is -3.08. The first-order valence-corrected chi connectivity index (χ1v) is 9.25. The second-order valence-electron chi connectivity index (χ2n) is 6.52. The van der Waals surface area contributed by atoms with Crippen LogP contribution in [0, 0.1) is 0 Å². The van der Waals surface area contributed by atoms with Gasteiger partial charge in [0.25, 0.3) is 5.91 Å². The summed E-state index contributed by atoms with van der Waals surface area (Å²) in [6.07, 6.45) is 7.05. The third-order valence-corrected chi connectivity index (χ3v) is 4.44. The molecule has 3 aromatic rings. The zero-order chi connectivity index (χ0) is 19.1. The number of nitrogens with one attached hydrogen (secondary N) is 1. The highest BCUT2D eigenvalue weighted by molar-refractivity contribution is 6.04. The molecule has 0 fully saturated rings. The summed E-state index contributed by atoms with van der Waals surface area (Å²) in [5.41, 5.74) is 2.69. The topological polar surface area (TPSA) is 56.1 Å². The number of amides is 1. The standard InChI is InChI=1S/C22H25N3O2/c1-3-4-5-17-6-10-19(11-7-17)24-22(26)18-8-12-20(13-9-18)27-16-21-23-14-15-25(21)2/h6-15H,3-5,16H2,1-2H3,(H,24,26). The highest BCUT2D eigenvalue weighted by Crippen LogP contribution is 2.16. The van der Waals surface area contributed by atoms with Crippen molar-refractivity contribution in [1.29, 1.82) is 0 Å². The highest BCUT2D eigenvalue weighted by atomic mass is 16.5. The smallest absolute Gasteiger partial charge is 0.255 e. The van der Waals surface area contributed by atoms with E-state index in [9.17, 15) is 4.79 Å². The van der Waals surface area contributed by atoms with Crippen molar-refractivity contribution in [1.82, 2.24) is 9.55 Å². The van der Waals surface area contributed by atoms with Gasteiger partial charge in [-0.25, -0.2) is 4.98 Å². The Labute approximate surface area is 160 Å². The van der Waals surface area contributed by atoms with Gasteiger partial charge in [-0.15, -0.1) is 0 Å². The number of unbranched alkanes of at least 4 members (excludes halogenated alkanes) is 1. The van der Waals surface area contributed by atoms with Gasteiger partial charge in [-0.2, -0.15) is 0 Å². The maximum Gasteiger partial charge on any atom is 0.255 e. The molecular weight excluding hydrogens is 338 g/mol. The first-order valence-electron chi connectivity index (χ1n) is 9.25. The second-order valence-corrected chi connectivity index (χ2v) is 6.52. The van der Waals surface area contributed by atoms with Gasteiger partial charge in [0, 0.05) is 30.7 Å². The van der Waals surface area contributed by atoms with Crippen LogP contribution in [0.15, 0.2) is 60.9 Å². The molecule has 0 saturated carbocycles. The van der Waals surface area contributed by atoms with E-state index >= 15 is 0 Å². The van der Waals surface area contributed by atoms with E-state index in [1.807, 2.05) is 29.9 Å². The number of anilines is 1. The molecule has 0 unspecified atom stereocenters. The lowest BCUT2D eigenvalue weighted by atomic mass is 10.1. The van der Waals surface area contributed by atoms with Crippen molar-refractivity contribution in [3.8, 4) is 5.75 Å². The summed E-state index contributed by atoms with van der Waals surface area (Å²) in [4.78, 5) is 16.6. The third-order valence-electron chi connectivity index (χ3n) is 4.44. The molecule has 27 heavy (non-hydrogen) atoms. The number of carbonyl (C=O) groups is 1. The monoisotopic (exact) mass is 363 g/mol. The van der Waals surface area contributed by atoms with Crippen molar-refractivity contribution in [2.24, 2.45) is 7.05 Å². The number of aromatic nitrogens is 2. The molecule has 0 spiro atoms. The van der Waals surface area contributed by atoms with Crippen LogP contribution in [0.4, 0.5) is 5.69 Å². The number of nitrogens with zero attached hydrogens (tertiary/aromatic N) is 2. The highest BCUT2D eigenvalue weighted by Gasteiger charge is 2.07. The van der Waals surface area contributed by atoms with E-state index in [0.717, 1.165) is 17.9 Å². The Balaban J connectivity index is 1.54. The fourth-order valence-electron chi connectivity index (χ4n) is 2.72. The summed E-state index contributed by atoms with van der Waals surface area (Å²) in [6, 6.07) is 15.2. The second kappa shape index (κ2) is 9.03. The maximum absolute atomic E-state index is 12.4. The minimum atomic E-state index is -0.132. The summed E-state index contributed by atoms with van der Waals surface area (Å²) >= 11 is 0. The summed E-state index contributed by atoms with van der Waals surface area (Å²) < 4.78 is 7.63. The van der Waals surface area contributed by atoms with Gasteiger partial charge in [0.1, 0.15) is 18.2 Å². The molecule has 3 rings (SSSR count). The molecule has 1 N–H and O–H groups in total. The van der Waals surface area contributed by atoms with Gasteiger partial charge in [-0.1, -0.05) is 25.5 Å². The van der Waals surface area contributed by atoms with Gasteiger partial charge in [-0.3, -0.25) is 4.79 Å². The van der Waals surface area contributed by atoms with Crippen LogP contribution in [0.2, 0.25) is 0 Å². The van der Waals surface area contributed by atoms with Gasteiger partial charge in [0.2, 0.25) is 0 Å². The molecule has 0 aliphatic heterocycles. The predicted molar refractivity (Wildman–Crippen MR) is 107 cm³/mol. The number of hydrogen-bond donors (Lipinski definition) is 1. The van der Waals surface area contributed by atoms with Crippen molar-refractivity contribution in [3.05, 3.63) is 77.9 Å². The van der Waals surface area contributed by atoms with Crippen molar-refractivity contribution in [2.75, 3.05) is 5.32 Å². The van der Waals surface area contributed by atoms with E-state index < -0.39 is 0 Å². The molecule has 140 valence electrons. The number of ether oxygens (including phenoxy) is 1. The lowest BCUT2D eigenvalue weighted by molar-refractivity contribution is 0.102. The molecule has 2 aromatic carbocycles. The molecule has 5 nitrogen and oxygen atoms in total. The number of rotatable bonds is 8. The first kappa shape index (κ1) is 18.7. The number of imidazole rings is 1. The fourth-order valence-corrected chi connectivity index (χ4v) is 2.72. The maximum atomic E-state index is 12.4. The van der Waals surface area contributed by atoms with Crippen LogP contribution in [0.1, 0.15) is 41.5 Å². The molecule has 0 radical (unpaired) electrons. The normalized spacial score (nSPS) is 10.6. The molecule has 0 atom stereocenters. The van der Waals surface area contributed by atoms with Gasteiger partial charge < -0.3 is 14.6 Å². The molecule has 1 amide bonds. The van der Waals surface area contributed by atoms with Crippen molar-refractivity contribution < 1.29 is 9.53 Å². The largest absolute Gasteiger partial charge is 0.486 e. The van der Waals surface area contributed by atoms with Gasteiger partial charge in [0.05, 0.1) is 0 Å². The Morgan fingerprint density at radius 1 is 1.11 bits per heavy atom. The van der Waals surface area contributed by atoms with Gasteiger partial charge in [0.15, 0.2) is 0 Å². The summed E-state index contributed by atoms with van der Waals surface area (Å²) in [6.45, 7) is 2.57. The Kier molecular flexibility index (Phi) is 6.26. The third kappa shape index (κ3) is 5.20. The van der Waals surface area contributed by atoms with E-state index in [1.165, 1.54) is 18.4 Å². The average Bonchev–Trinajstić information content (AvgIpc) is 3.11. The minimum absolute atomic E-state index is 0.132. The molecule has 0 aliphatic carbocycles. The Bertz CT molecular complexity index is 867. The van der Waals surface area contributed by atoms with Crippen LogP contribution in [0.5, 0.6) is 5.75 Å². The van der Waals surface area contributed by atoms with Crippen LogP contribution >= 0.6 is 0 Å². The molecule has 0 bridgehead atoms. The van der Waals surface area contributed by atoms with Crippen LogP contribution < -0.4 is 10.1 Å². The summed E-state index contributed by atoms with van der Waals surface area (Å²) in [5.74, 6) is 1.42. The SMILES string of the molecule is CCCCc1ccc(NC(=O)c2ccc(OCc3nccn3C)cc2)cc1. The Morgan fingerprint density at radius 2 is 1.85 bits per heavy atom. The zero-order valence-electron chi connectivity index (χ0n) is 15.8.